The lowest BCUT2D eigenvalue weighted by Gasteiger charge is -2.13. The van der Waals surface area contributed by atoms with Gasteiger partial charge in [-0.2, -0.15) is 5.26 Å². The van der Waals surface area contributed by atoms with Crippen LogP contribution >= 0.6 is 23.2 Å². The zero-order valence-electron chi connectivity index (χ0n) is 16.2. The van der Waals surface area contributed by atoms with Crippen LogP contribution in [0.4, 0.5) is 4.39 Å². The lowest BCUT2D eigenvalue weighted by molar-refractivity contribution is 0.269. The van der Waals surface area contributed by atoms with Gasteiger partial charge in [-0.15, -0.1) is 0 Å². The third kappa shape index (κ3) is 5.33. The Morgan fingerprint density at radius 1 is 1.00 bits per heavy atom. The molecule has 6 heteroatoms. The van der Waals surface area contributed by atoms with Gasteiger partial charge < -0.3 is 9.47 Å². The maximum Gasteiger partial charge on any atom is 0.161 e. The highest BCUT2D eigenvalue weighted by Crippen LogP contribution is 2.32. The quantitative estimate of drug-likeness (QED) is 0.288. The van der Waals surface area contributed by atoms with Gasteiger partial charge in [0.25, 0.3) is 0 Å². The second-order valence-corrected chi connectivity index (χ2v) is 7.14. The van der Waals surface area contributed by atoms with Gasteiger partial charge in [0.1, 0.15) is 12.4 Å². The Kier molecular flexibility index (Phi) is 7.35. The largest absolute Gasteiger partial charge is 0.490 e. The summed E-state index contributed by atoms with van der Waals surface area (Å²) in [6.45, 7) is 2.59. The van der Waals surface area contributed by atoms with Crippen LogP contribution in [0.3, 0.4) is 0 Å². The molecular formula is C24H18Cl2FNO2. The van der Waals surface area contributed by atoms with E-state index in [1.807, 2.05) is 13.0 Å². The average molecular weight is 442 g/mol. The molecule has 0 aromatic heterocycles. The summed E-state index contributed by atoms with van der Waals surface area (Å²) < 4.78 is 25.6. The van der Waals surface area contributed by atoms with E-state index in [1.165, 1.54) is 6.07 Å². The molecule has 3 rings (SSSR count). The summed E-state index contributed by atoms with van der Waals surface area (Å²) in [4.78, 5) is 0. The van der Waals surface area contributed by atoms with Crippen molar-refractivity contribution >= 4 is 34.9 Å². The van der Waals surface area contributed by atoms with Crippen LogP contribution in [0.2, 0.25) is 10.0 Å². The number of nitriles is 1. The summed E-state index contributed by atoms with van der Waals surface area (Å²) in [7, 11) is 0. The minimum atomic E-state index is -0.447. The molecule has 0 unspecified atom stereocenters. The Morgan fingerprint density at radius 2 is 1.80 bits per heavy atom. The summed E-state index contributed by atoms with van der Waals surface area (Å²) in [5, 5.41) is 10.4. The third-order valence-electron chi connectivity index (χ3n) is 4.24. The van der Waals surface area contributed by atoms with Gasteiger partial charge in [-0.3, -0.25) is 0 Å². The van der Waals surface area contributed by atoms with Crippen molar-refractivity contribution in [2.75, 3.05) is 6.61 Å². The van der Waals surface area contributed by atoms with Crippen molar-refractivity contribution in [1.82, 2.24) is 0 Å². The van der Waals surface area contributed by atoms with Crippen molar-refractivity contribution in [3.8, 4) is 17.6 Å². The van der Waals surface area contributed by atoms with E-state index < -0.39 is 5.82 Å². The van der Waals surface area contributed by atoms with Crippen molar-refractivity contribution in [1.29, 1.82) is 5.26 Å². The molecule has 0 saturated carbocycles. The maximum atomic E-state index is 14.1. The summed E-state index contributed by atoms with van der Waals surface area (Å²) in [6, 6.07) is 18.8. The first kappa shape index (κ1) is 21.7. The highest BCUT2D eigenvalue weighted by atomic mass is 35.5. The second kappa shape index (κ2) is 10.2. The molecule has 0 spiro atoms. The predicted octanol–water partition coefficient (Wildman–Crippen LogP) is 7.17. The van der Waals surface area contributed by atoms with Crippen LogP contribution in [0.1, 0.15) is 23.6 Å². The van der Waals surface area contributed by atoms with E-state index in [1.54, 1.807) is 54.6 Å². The van der Waals surface area contributed by atoms with E-state index >= 15 is 0 Å². The van der Waals surface area contributed by atoms with Gasteiger partial charge in [-0.25, -0.2) is 4.39 Å². The Hall–Kier alpha value is -3.00. The summed E-state index contributed by atoms with van der Waals surface area (Å²) in [5.41, 5.74) is 2.03. The monoisotopic (exact) mass is 441 g/mol. The molecule has 0 aliphatic heterocycles. The van der Waals surface area contributed by atoms with Crippen LogP contribution in [0, 0.1) is 17.1 Å². The number of rotatable bonds is 7. The number of allylic oxidation sites excluding steroid dienone is 1. The lowest BCUT2D eigenvalue weighted by atomic mass is 10.0. The minimum Gasteiger partial charge on any atom is -0.490 e. The molecule has 0 aliphatic rings. The van der Waals surface area contributed by atoms with Crippen molar-refractivity contribution in [3.63, 3.8) is 0 Å². The fraction of sp³-hybridized carbons (Fsp3) is 0.125. The van der Waals surface area contributed by atoms with Crippen molar-refractivity contribution in [2.24, 2.45) is 0 Å². The fourth-order valence-corrected chi connectivity index (χ4v) is 3.13. The number of benzene rings is 3. The number of ether oxygens (including phenoxy) is 2. The zero-order valence-corrected chi connectivity index (χ0v) is 17.7. The molecule has 0 amide bonds. The molecule has 3 aromatic carbocycles. The topological polar surface area (TPSA) is 42.2 Å². The molecule has 0 fully saturated rings. The van der Waals surface area contributed by atoms with E-state index in [0.29, 0.717) is 33.7 Å². The molecular weight excluding hydrogens is 424 g/mol. The smallest absolute Gasteiger partial charge is 0.161 e. The van der Waals surface area contributed by atoms with Gasteiger partial charge in [-0.05, 0) is 54.5 Å². The summed E-state index contributed by atoms with van der Waals surface area (Å²) in [5.74, 6) is 0.624. The fourth-order valence-electron chi connectivity index (χ4n) is 2.81. The van der Waals surface area contributed by atoms with Gasteiger partial charge >= 0.3 is 0 Å². The molecule has 0 radical (unpaired) electrons. The lowest BCUT2D eigenvalue weighted by Crippen LogP contribution is -2.00. The van der Waals surface area contributed by atoms with Crippen LogP contribution in [-0.4, -0.2) is 6.61 Å². The summed E-state index contributed by atoms with van der Waals surface area (Å²) in [6.07, 6.45) is 1.61. The van der Waals surface area contributed by atoms with Crippen molar-refractivity contribution in [3.05, 3.63) is 93.2 Å². The third-order valence-corrected chi connectivity index (χ3v) is 4.98. The van der Waals surface area contributed by atoms with Crippen LogP contribution < -0.4 is 9.47 Å². The molecule has 0 saturated heterocycles. The number of nitrogens with zero attached hydrogens (tertiary/aromatic N) is 1. The van der Waals surface area contributed by atoms with Gasteiger partial charge in [0.05, 0.1) is 28.3 Å². The Bertz CT molecular complexity index is 1120. The van der Waals surface area contributed by atoms with Gasteiger partial charge in [0.2, 0.25) is 0 Å². The SMILES string of the molecule is CCOc1cc(C=C(C#N)c2ccccc2F)ccc1OCc1ccc(Cl)c(Cl)c1. The van der Waals surface area contributed by atoms with Crippen molar-refractivity contribution in [2.45, 2.75) is 13.5 Å². The molecule has 0 heterocycles. The zero-order chi connectivity index (χ0) is 21.5. The highest BCUT2D eigenvalue weighted by Gasteiger charge is 2.10. The van der Waals surface area contributed by atoms with Gasteiger partial charge in [0, 0.05) is 5.56 Å². The molecule has 152 valence electrons. The van der Waals surface area contributed by atoms with Crippen LogP contribution in [-0.2, 0) is 6.61 Å². The van der Waals surface area contributed by atoms with E-state index in [4.69, 9.17) is 32.7 Å². The Balaban J connectivity index is 1.86. The first-order chi connectivity index (χ1) is 14.5. The molecule has 0 atom stereocenters. The van der Waals surface area contributed by atoms with E-state index in [-0.39, 0.29) is 17.7 Å². The number of hydrogen-bond acceptors (Lipinski definition) is 3. The number of halogens is 3. The van der Waals surface area contributed by atoms with Crippen LogP contribution in [0.15, 0.2) is 60.7 Å². The molecule has 0 N–H and O–H groups in total. The average Bonchev–Trinajstić information content (AvgIpc) is 2.74. The van der Waals surface area contributed by atoms with E-state index in [2.05, 4.69) is 6.07 Å². The first-order valence-electron chi connectivity index (χ1n) is 9.22. The predicted molar refractivity (Wildman–Crippen MR) is 118 cm³/mol. The van der Waals surface area contributed by atoms with Gasteiger partial charge in [0.15, 0.2) is 11.5 Å². The van der Waals surface area contributed by atoms with Crippen molar-refractivity contribution < 1.29 is 13.9 Å². The number of hydrogen-bond donors (Lipinski definition) is 0. The standard InChI is InChI=1S/C24H18Cl2FNO2/c1-2-29-24-13-16(11-18(14-28)19-5-3-4-6-22(19)27)8-10-23(24)30-15-17-7-9-20(25)21(26)12-17/h3-13H,2,15H2,1H3. The normalized spacial score (nSPS) is 11.1. The highest BCUT2D eigenvalue weighted by molar-refractivity contribution is 6.42. The maximum absolute atomic E-state index is 14.1. The Morgan fingerprint density at radius 3 is 2.50 bits per heavy atom. The van der Waals surface area contributed by atoms with Crippen LogP contribution in [0.25, 0.3) is 11.6 Å². The molecule has 0 bridgehead atoms. The van der Waals surface area contributed by atoms with Gasteiger partial charge in [-0.1, -0.05) is 53.5 Å². The molecule has 3 nitrogen and oxygen atoms in total. The van der Waals surface area contributed by atoms with E-state index in [0.717, 1.165) is 5.56 Å². The molecule has 3 aromatic rings. The van der Waals surface area contributed by atoms with E-state index in [9.17, 15) is 9.65 Å². The molecule has 0 aliphatic carbocycles. The van der Waals surface area contributed by atoms with Crippen LogP contribution in [0.5, 0.6) is 11.5 Å². The second-order valence-electron chi connectivity index (χ2n) is 6.33. The Labute approximate surface area is 184 Å². The summed E-state index contributed by atoms with van der Waals surface area (Å²) >= 11 is 12.0. The molecule has 30 heavy (non-hydrogen) atoms. The first-order valence-corrected chi connectivity index (χ1v) is 9.97. The minimum absolute atomic E-state index is 0.222.